The third kappa shape index (κ3) is 6.15. The van der Waals surface area contributed by atoms with Gasteiger partial charge >= 0.3 is 12.1 Å². The Kier molecular flexibility index (Phi) is 6.73. The minimum atomic E-state index is -0.608. The molecule has 0 aliphatic carbocycles. The predicted octanol–water partition coefficient (Wildman–Crippen LogP) is 5.98. The van der Waals surface area contributed by atoms with Gasteiger partial charge in [0.05, 0.1) is 29.1 Å². The third-order valence-corrected chi connectivity index (χ3v) is 4.08. The first-order valence-corrected chi connectivity index (χ1v) is 9.20. The molecule has 6 nitrogen and oxygen atoms in total. The zero-order chi connectivity index (χ0) is 20.2. The van der Waals surface area contributed by atoms with Gasteiger partial charge in [-0.2, -0.15) is 0 Å². The Labute approximate surface area is 171 Å². The van der Waals surface area contributed by atoms with Crippen LogP contribution in [0.4, 0.5) is 21.9 Å². The van der Waals surface area contributed by atoms with Crippen LogP contribution in [0.25, 0.3) is 0 Å². The second-order valence-electron chi connectivity index (χ2n) is 6.63. The Morgan fingerprint density at radius 3 is 2.37 bits per heavy atom. The molecule has 2 N–H and O–H groups in total. The highest BCUT2D eigenvalue weighted by molar-refractivity contribution is 9.10. The summed E-state index contributed by atoms with van der Waals surface area (Å²) in [5, 5.41) is 6.05. The van der Waals surface area contributed by atoms with E-state index in [2.05, 4.69) is 26.6 Å². The summed E-state index contributed by atoms with van der Waals surface area (Å²) < 4.78 is 10.8. The molecule has 0 saturated carbocycles. The van der Waals surface area contributed by atoms with Crippen molar-refractivity contribution >= 4 is 56.7 Å². The average molecular weight is 456 g/mol. The lowest BCUT2D eigenvalue weighted by molar-refractivity contribution is 0.0599. The van der Waals surface area contributed by atoms with Gasteiger partial charge in [0.2, 0.25) is 0 Å². The van der Waals surface area contributed by atoms with Gasteiger partial charge in [0, 0.05) is 10.2 Å². The fourth-order valence-corrected chi connectivity index (χ4v) is 2.76. The highest BCUT2D eigenvalue weighted by atomic mass is 79.9. The van der Waals surface area contributed by atoms with E-state index in [9.17, 15) is 9.59 Å². The number of anilines is 3. The molecule has 0 bridgehead atoms. The Bertz CT molecular complexity index is 865. The normalized spacial score (nSPS) is 10.9. The molecule has 8 heteroatoms. The van der Waals surface area contributed by atoms with Gasteiger partial charge < -0.3 is 14.8 Å². The van der Waals surface area contributed by atoms with Crippen LogP contribution >= 0.6 is 27.5 Å². The van der Waals surface area contributed by atoms with Gasteiger partial charge in [-0.05, 0) is 57.2 Å². The Hall–Kier alpha value is -2.25. The predicted molar refractivity (Wildman–Crippen MR) is 110 cm³/mol. The molecule has 0 saturated heterocycles. The van der Waals surface area contributed by atoms with E-state index in [-0.39, 0.29) is 0 Å². The van der Waals surface area contributed by atoms with Gasteiger partial charge in [-0.3, -0.25) is 5.32 Å². The molecule has 0 atom stereocenters. The number of carbonyl (C=O) groups is 2. The van der Waals surface area contributed by atoms with Crippen LogP contribution in [-0.4, -0.2) is 24.8 Å². The van der Waals surface area contributed by atoms with Crippen LogP contribution in [0.1, 0.15) is 31.1 Å². The average Bonchev–Trinajstić information content (AvgIpc) is 2.55. The molecule has 0 radical (unpaired) electrons. The van der Waals surface area contributed by atoms with Crippen LogP contribution in [0.3, 0.4) is 0 Å². The lowest BCUT2D eigenvalue weighted by Crippen LogP contribution is -2.27. The fraction of sp³-hybridized carbons (Fsp3) is 0.263. The SMILES string of the molecule is COC(=O)c1ccc(Br)cc1Nc1ccc(NC(=O)OC(C)(C)C)c(Cl)c1. The van der Waals surface area contributed by atoms with E-state index in [0.717, 1.165) is 4.47 Å². The molecule has 0 aromatic heterocycles. The molecule has 2 rings (SSSR count). The van der Waals surface area contributed by atoms with Crippen molar-refractivity contribution in [2.45, 2.75) is 26.4 Å². The monoisotopic (exact) mass is 454 g/mol. The van der Waals surface area contributed by atoms with Gasteiger partial charge in [-0.1, -0.05) is 27.5 Å². The van der Waals surface area contributed by atoms with Crippen LogP contribution < -0.4 is 10.6 Å². The summed E-state index contributed by atoms with van der Waals surface area (Å²) in [6.45, 7) is 5.33. The van der Waals surface area contributed by atoms with Crippen LogP contribution in [-0.2, 0) is 9.47 Å². The Morgan fingerprint density at radius 1 is 1.07 bits per heavy atom. The maximum atomic E-state index is 11.9. The first kappa shape index (κ1) is 21.1. The number of amides is 1. The van der Waals surface area contributed by atoms with Crippen molar-refractivity contribution in [1.82, 2.24) is 0 Å². The molecular weight excluding hydrogens is 436 g/mol. The van der Waals surface area contributed by atoms with Gasteiger partial charge in [0.15, 0.2) is 0 Å². The summed E-state index contributed by atoms with van der Waals surface area (Å²) >= 11 is 9.64. The number of carbonyl (C=O) groups excluding carboxylic acids is 2. The molecule has 0 aliphatic heterocycles. The molecule has 2 aromatic carbocycles. The van der Waals surface area contributed by atoms with Crippen molar-refractivity contribution in [1.29, 1.82) is 0 Å². The molecular formula is C19H20BrClN2O4. The van der Waals surface area contributed by atoms with Crippen LogP contribution in [0.2, 0.25) is 5.02 Å². The van der Waals surface area contributed by atoms with Crippen molar-refractivity contribution in [2.24, 2.45) is 0 Å². The molecule has 27 heavy (non-hydrogen) atoms. The van der Waals surface area contributed by atoms with Crippen molar-refractivity contribution in [3.63, 3.8) is 0 Å². The summed E-state index contributed by atoms with van der Waals surface area (Å²) in [6, 6.07) is 10.2. The molecule has 2 aromatic rings. The smallest absolute Gasteiger partial charge is 0.412 e. The molecule has 0 heterocycles. The quantitative estimate of drug-likeness (QED) is 0.555. The minimum Gasteiger partial charge on any atom is -0.465 e. The Morgan fingerprint density at radius 2 is 1.78 bits per heavy atom. The number of rotatable bonds is 4. The first-order chi connectivity index (χ1) is 12.6. The number of nitrogens with one attached hydrogen (secondary N) is 2. The van der Waals surface area contributed by atoms with Gasteiger partial charge in [-0.25, -0.2) is 9.59 Å². The molecule has 0 unspecified atom stereocenters. The van der Waals surface area contributed by atoms with Crippen LogP contribution in [0.15, 0.2) is 40.9 Å². The van der Waals surface area contributed by atoms with E-state index < -0.39 is 17.7 Å². The van der Waals surface area contributed by atoms with Crippen molar-refractivity contribution in [3.05, 3.63) is 51.5 Å². The van der Waals surface area contributed by atoms with Gasteiger partial charge in [-0.15, -0.1) is 0 Å². The first-order valence-electron chi connectivity index (χ1n) is 8.03. The summed E-state index contributed by atoms with van der Waals surface area (Å²) in [6.07, 6.45) is -0.593. The summed E-state index contributed by atoms with van der Waals surface area (Å²) in [5.41, 5.74) is 1.38. The second-order valence-corrected chi connectivity index (χ2v) is 7.95. The third-order valence-electron chi connectivity index (χ3n) is 3.27. The zero-order valence-electron chi connectivity index (χ0n) is 15.4. The topological polar surface area (TPSA) is 76.7 Å². The van der Waals surface area contributed by atoms with Crippen molar-refractivity contribution in [3.8, 4) is 0 Å². The standard InChI is InChI=1S/C19H20BrClN2O4/c1-19(2,3)27-18(25)23-15-8-6-12(10-14(15)21)22-16-9-11(20)5-7-13(16)17(24)26-4/h5-10,22H,1-4H3,(H,23,25). The van der Waals surface area contributed by atoms with Gasteiger partial charge in [0.25, 0.3) is 0 Å². The lowest BCUT2D eigenvalue weighted by Gasteiger charge is -2.20. The molecule has 0 spiro atoms. The number of methoxy groups -OCH3 is 1. The second kappa shape index (κ2) is 8.63. The van der Waals surface area contributed by atoms with Crippen LogP contribution in [0.5, 0.6) is 0 Å². The number of hydrogen-bond acceptors (Lipinski definition) is 5. The van der Waals surface area contributed by atoms with Crippen molar-refractivity contribution < 1.29 is 19.1 Å². The maximum Gasteiger partial charge on any atom is 0.412 e. The van der Waals surface area contributed by atoms with E-state index in [0.29, 0.717) is 27.6 Å². The summed E-state index contributed by atoms with van der Waals surface area (Å²) in [7, 11) is 1.32. The van der Waals surface area contributed by atoms with E-state index in [4.69, 9.17) is 21.1 Å². The van der Waals surface area contributed by atoms with Gasteiger partial charge in [0.1, 0.15) is 5.60 Å². The largest absolute Gasteiger partial charge is 0.465 e. The zero-order valence-corrected chi connectivity index (χ0v) is 17.7. The summed E-state index contributed by atoms with van der Waals surface area (Å²) in [5.74, 6) is -0.459. The number of ether oxygens (including phenoxy) is 2. The number of benzene rings is 2. The molecule has 1 amide bonds. The molecule has 144 valence electrons. The lowest BCUT2D eigenvalue weighted by atomic mass is 10.1. The van der Waals surface area contributed by atoms with E-state index in [1.807, 2.05) is 0 Å². The highest BCUT2D eigenvalue weighted by Gasteiger charge is 2.17. The van der Waals surface area contributed by atoms with E-state index >= 15 is 0 Å². The van der Waals surface area contributed by atoms with E-state index in [1.54, 1.807) is 57.2 Å². The fourth-order valence-electron chi connectivity index (χ4n) is 2.17. The molecule has 0 aliphatic rings. The number of halogens is 2. The highest BCUT2D eigenvalue weighted by Crippen LogP contribution is 2.30. The van der Waals surface area contributed by atoms with E-state index in [1.165, 1.54) is 7.11 Å². The van der Waals surface area contributed by atoms with Crippen LogP contribution in [0, 0.1) is 0 Å². The molecule has 0 fully saturated rings. The minimum absolute atomic E-state index is 0.320. The maximum absolute atomic E-state index is 11.9. The number of esters is 1. The Balaban J connectivity index is 2.20. The summed E-state index contributed by atoms with van der Waals surface area (Å²) in [4.78, 5) is 23.8. The van der Waals surface area contributed by atoms with Crippen molar-refractivity contribution in [2.75, 3.05) is 17.7 Å². The number of hydrogen-bond donors (Lipinski definition) is 2.